The molecule has 84 valence electrons. The standard InChI is InChI=1S/C10H7F3N2O/c11-10(12,13)8-1-6(2-9(16)3-8)7-4-14-15-5-7/h1-5,16H,(H,14,15). The Morgan fingerprint density at radius 1 is 1.12 bits per heavy atom. The number of aromatic hydroxyl groups is 1. The molecule has 1 aromatic heterocycles. The summed E-state index contributed by atoms with van der Waals surface area (Å²) in [5.74, 6) is -0.425. The third-order valence-electron chi connectivity index (χ3n) is 2.08. The minimum Gasteiger partial charge on any atom is -0.508 e. The first-order valence-corrected chi connectivity index (χ1v) is 4.37. The van der Waals surface area contributed by atoms with Crippen LogP contribution in [0.4, 0.5) is 13.2 Å². The van der Waals surface area contributed by atoms with Crippen molar-refractivity contribution in [3.63, 3.8) is 0 Å². The number of H-pyrrole nitrogens is 1. The van der Waals surface area contributed by atoms with Crippen molar-refractivity contribution in [3.05, 3.63) is 36.2 Å². The van der Waals surface area contributed by atoms with Crippen LogP contribution in [0.5, 0.6) is 5.75 Å². The Labute approximate surface area is 88.5 Å². The molecule has 0 radical (unpaired) electrons. The summed E-state index contributed by atoms with van der Waals surface area (Å²) < 4.78 is 37.4. The molecule has 1 heterocycles. The number of hydrogen-bond acceptors (Lipinski definition) is 2. The molecule has 0 aliphatic heterocycles. The molecule has 3 nitrogen and oxygen atoms in total. The van der Waals surface area contributed by atoms with Crippen molar-refractivity contribution in [2.24, 2.45) is 0 Å². The number of aromatic amines is 1. The van der Waals surface area contributed by atoms with Crippen molar-refractivity contribution in [1.29, 1.82) is 0 Å². The molecule has 0 fully saturated rings. The molecule has 2 aromatic rings. The van der Waals surface area contributed by atoms with Crippen molar-refractivity contribution in [2.75, 3.05) is 0 Å². The number of benzene rings is 1. The van der Waals surface area contributed by atoms with E-state index in [1.165, 1.54) is 18.5 Å². The number of nitrogens with one attached hydrogen (secondary N) is 1. The molecule has 0 saturated carbocycles. The Bertz CT molecular complexity index is 491. The van der Waals surface area contributed by atoms with Crippen LogP contribution in [-0.2, 0) is 6.18 Å². The first-order chi connectivity index (χ1) is 7.47. The number of nitrogens with zero attached hydrogens (tertiary/aromatic N) is 1. The molecule has 0 aliphatic rings. The molecule has 0 atom stereocenters. The van der Waals surface area contributed by atoms with Crippen molar-refractivity contribution in [1.82, 2.24) is 10.2 Å². The highest BCUT2D eigenvalue weighted by atomic mass is 19.4. The number of rotatable bonds is 1. The van der Waals surface area contributed by atoms with E-state index in [-0.39, 0.29) is 5.56 Å². The maximum atomic E-state index is 12.5. The SMILES string of the molecule is Oc1cc(-c2cn[nH]c2)cc(C(F)(F)F)c1. The maximum Gasteiger partial charge on any atom is 0.416 e. The smallest absolute Gasteiger partial charge is 0.416 e. The largest absolute Gasteiger partial charge is 0.508 e. The van der Waals surface area contributed by atoms with Crippen LogP contribution in [-0.4, -0.2) is 15.3 Å². The summed E-state index contributed by atoms with van der Waals surface area (Å²) in [6, 6.07) is 2.90. The van der Waals surface area contributed by atoms with Gasteiger partial charge in [0.25, 0.3) is 0 Å². The van der Waals surface area contributed by atoms with Gasteiger partial charge >= 0.3 is 6.18 Å². The number of halogens is 3. The van der Waals surface area contributed by atoms with Crippen LogP contribution in [0.2, 0.25) is 0 Å². The second-order valence-electron chi connectivity index (χ2n) is 3.25. The monoisotopic (exact) mass is 228 g/mol. The van der Waals surface area contributed by atoms with Gasteiger partial charge in [0.2, 0.25) is 0 Å². The lowest BCUT2D eigenvalue weighted by molar-refractivity contribution is -0.137. The van der Waals surface area contributed by atoms with E-state index in [0.29, 0.717) is 11.6 Å². The predicted molar refractivity (Wildman–Crippen MR) is 50.7 cm³/mol. The highest BCUT2D eigenvalue weighted by molar-refractivity contribution is 5.64. The van der Waals surface area contributed by atoms with E-state index in [4.69, 9.17) is 0 Å². The zero-order valence-corrected chi connectivity index (χ0v) is 7.92. The fourth-order valence-electron chi connectivity index (χ4n) is 1.35. The molecule has 16 heavy (non-hydrogen) atoms. The summed E-state index contributed by atoms with van der Waals surface area (Å²) in [6.07, 6.45) is -1.64. The van der Waals surface area contributed by atoms with Crippen LogP contribution in [0.3, 0.4) is 0 Å². The first-order valence-electron chi connectivity index (χ1n) is 4.37. The number of aromatic nitrogens is 2. The molecule has 0 spiro atoms. The van der Waals surface area contributed by atoms with Gasteiger partial charge < -0.3 is 5.11 Å². The maximum absolute atomic E-state index is 12.5. The molecule has 6 heteroatoms. The minimum atomic E-state index is -4.47. The number of phenols is 1. The van der Waals surface area contributed by atoms with Gasteiger partial charge in [-0.25, -0.2) is 0 Å². The molecule has 2 rings (SSSR count). The molecule has 2 N–H and O–H groups in total. The average molecular weight is 228 g/mol. The van der Waals surface area contributed by atoms with E-state index in [0.717, 1.165) is 6.07 Å². The van der Waals surface area contributed by atoms with Crippen LogP contribution in [0.1, 0.15) is 5.56 Å². The number of phenolic OH excluding ortho intramolecular Hbond substituents is 1. The molecule has 0 aliphatic carbocycles. The van der Waals surface area contributed by atoms with Crippen LogP contribution < -0.4 is 0 Å². The Balaban J connectivity index is 2.53. The Morgan fingerprint density at radius 3 is 2.44 bits per heavy atom. The van der Waals surface area contributed by atoms with Gasteiger partial charge in [0.1, 0.15) is 5.75 Å². The highest BCUT2D eigenvalue weighted by Gasteiger charge is 2.31. The molecule has 0 bridgehead atoms. The van der Waals surface area contributed by atoms with Gasteiger partial charge in [0.15, 0.2) is 0 Å². The third-order valence-corrected chi connectivity index (χ3v) is 2.08. The second kappa shape index (κ2) is 3.55. The van der Waals surface area contributed by atoms with E-state index in [1.54, 1.807) is 0 Å². The van der Waals surface area contributed by atoms with Crippen LogP contribution in [0.15, 0.2) is 30.6 Å². The topological polar surface area (TPSA) is 48.9 Å². The second-order valence-corrected chi connectivity index (χ2v) is 3.25. The lowest BCUT2D eigenvalue weighted by Gasteiger charge is -2.08. The van der Waals surface area contributed by atoms with Gasteiger partial charge in [0, 0.05) is 11.8 Å². The zero-order valence-electron chi connectivity index (χ0n) is 7.92. The normalized spacial score (nSPS) is 11.7. The molecule has 1 aromatic carbocycles. The number of hydrogen-bond donors (Lipinski definition) is 2. The van der Waals surface area contributed by atoms with Gasteiger partial charge in [0.05, 0.1) is 11.8 Å². The predicted octanol–water partition coefficient (Wildman–Crippen LogP) is 2.80. The van der Waals surface area contributed by atoms with Gasteiger partial charge in [-0.05, 0) is 23.8 Å². The third kappa shape index (κ3) is 2.00. The lowest BCUT2D eigenvalue weighted by Crippen LogP contribution is -2.04. The van der Waals surface area contributed by atoms with E-state index < -0.39 is 17.5 Å². The Kier molecular flexibility index (Phi) is 2.34. The summed E-state index contributed by atoms with van der Waals surface area (Å²) in [5, 5.41) is 15.4. The van der Waals surface area contributed by atoms with Crippen LogP contribution in [0.25, 0.3) is 11.1 Å². The fourth-order valence-corrected chi connectivity index (χ4v) is 1.35. The van der Waals surface area contributed by atoms with Crippen molar-refractivity contribution < 1.29 is 18.3 Å². The van der Waals surface area contributed by atoms with Gasteiger partial charge in [-0.15, -0.1) is 0 Å². The van der Waals surface area contributed by atoms with E-state index in [9.17, 15) is 18.3 Å². The van der Waals surface area contributed by atoms with Crippen LogP contribution in [0, 0.1) is 0 Å². The summed E-state index contributed by atoms with van der Waals surface area (Å²) in [4.78, 5) is 0. The molecule has 0 amide bonds. The highest BCUT2D eigenvalue weighted by Crippen LogP contribution is 2.34. The number of alkyl halides is 3. The quantitative estimate of drug-likeness (QED) is 0.788. The Hall–Kier alpha value is -1.98. The van der Waals surface area contributed by atoms with E-state index in [1.807, 2.05) is 0 Å². The lowest BCUT2D eigenvalue weighted by atomic mass is 10.1. The van der Waals surface area contributed by atoms with E-state index >= 15 is 0 Å². The molecular formula is C10H7F3N2O. The first kappa shape index (κ1) is 10.5. The van der Waals surface area contributed by atoms with E-state index in [2.05, 4.69) is 10.2 Å². The summed E-state index contributed by atoms with van der Waals surface area (Å²) in [7, 11) is 0. The average Bonchev–Trinajstić information content (AvgIpc) is 2.68. The molecule has 0 saturated heterocycles. The van der Waals surface area contributed by atoms with Gasteiger partial charge in [-0.3, -0.25) is 5.10 Å². The van der Waals surface area contributed by atoms with Gasteiger partial charge in [-0.1, -0.05) is 0 Å². The zero-order chi connectivity index (χ0) is 11.8. The summed E-state index contributed by atoms with van der Waals surface area (Å²) in [6.45, 7) is 0. The van der Waals surface area contributed by atoms with Crippen LogP contribution >= 0.6 is 0 Å². The van der Waals surface area contributed by atoms with Crippen molar-refractivity contribution in [2.45, 2.75) is 6.18 Å². The Morgan fingerprint density at radius 2 is 1.88 bits per heavy atom. The summed E-state index contributed by atoms with van der Waals surface area (Å²) >= 11 is 0. The van der Waals surface area contributed by atoms with Crippen molar-refractivity contribution in [3.8, 4) is 16.9 Å². The minimum absolute atomic E-state index is 0.265. The van der Waals surface area contributed by atoms with Gasteiger partial charge in [-0.2, -0.15) is 18.3 Å². The summed E-state index contributed by atoms with van der Waals surface area (Å²) in [5.41, 5.74) is -0.133. The molecular weight excluding hydrogens is 221 g/mol. The molecule has 0 unspecified atom stereocenters. The van der Waals surface area contributed by atoms with Crippen molar-refractivity contribution >= 4 is 0 Å². The fraction of sp³-hybridized carbons (Fsp3) is 0.100.